The van der Waals surface area contributed by atoms with E-state index in [1.54, 1.807) is 0 Å². The molecular formula is C10H13N3O2. The van der Waals surface area contributed by atoms with E-state index in [4.69, 9.17) is 10.6 Å². The van der Waals surface area contributed by atoms with Crippen LogP contribution in [0.4, 0.5) is 0 Å². The van der Waals surface area contributed by atoms with Crippen molar-refractivity contribution in [2.75, 3.05) is 6.61 Å². The standard InChI is InChI=1S/C10H13N3O2/c11-13-12-9(10(15)7-14)6-8-4-2-1-3-5-8/h1-5,9-10,14-15H,6-7H2/t9?,10-/m1/s1. The number of benzene rings is 1. The fourth-order valence-electron chi connectivity index (χ4n) is 1.30. The highest BCUT2D eigenvalue weighted by atomic mass is 16.3. The Morgan fingerprint density at radius 1 is 1.33 bits per heavy atom. The molecule has 0 radical (unpaired) electrons. The summed E-state index contributed by atoms with van der Waals surface area (Å²) in [5.74, 6) is 0. The maximum Gasteiger partial charge on any atom is 0.0858 e. The van der Waals surface area contributed by atoms with Gasteiger partial charge in [0.05, 0.1) is 18.8 Å². The smallest absolute Gasteiger partial charge is 0.0858 e. The van der Waals surface area contributed by atoms with E-state index >= 15 is 0 Å². The first-order valence-electron chi connectivity index (χ1n) is 4.65. The van der Waals surface area contributed by atoms with Gasteiger partial charge in [-0.25, -0.2) is 0 Å². The molecule has 0 saturated heterocycles. The number of hydrogen-bond acceptors (Lipinski definition) is 3. The van der Waals surface area contributed by atoms with E-state index in [0.717, 1.165) is 5.56 Å². The minimum absolute atomic E-state index is 0.406. The summed E-state index contributed by atoms with van der Waals surface area (Å²) in [7, 11) is 0. The van der Waals surface area contributed by atoms with Crippen LogP contribution in [-0.4, -0.2) is 29.0 Å². The van der Waals surface area contributed by atoms with Crippen LogP contribution in [0.5, 0.6) is 0 Å². The summed E-state index contributed by atoms with van der Waals surface area (Å²) in [6, 6.07) is 8.76. The highest BCUT2D eigenvalue weighted by molar-refractivity contribution is 5.16. The first kappa shape index (κ1) is 11.5. The molecule has 1 aromatic carbocycles. The van der Waals surface area contributed by atoms with Crippen molar-refractivity contribution in [2.45, 2.75) is 18.6 Å². The number of aliphatic hydroxyl groups is 2. The number of nitrogens with zero attached hydrogens (tertiary/aromatic N) is 3. The molecule has 5 nitrogen and oxygen atoms in total. The summed E-state index contributed by atoms with van der Waals surface area (Å²) < 4.78 is 0. The quantitative estimate of drug-likeness (QED) is 0.432. The third kappa shape index (κ3) is 3.59. The van der Waals surface area contributed by atoms with Crippen LogP contribution in [0.3, 0.4) is 0 Å². The molecule has 0 fully saturated rings. The van der Waals surface area contributed by atoms with Crippen LogP contribution in [0, 0.1) is 0 Å². The fourth-order valence-corrected chi connectivity index (χ4v) is 1.30. The second-order valence-electron chi connectivity index (χ2n) is 3.21. The van der Waals surface area contributed by atoms with Crippen molar-refractivity contribution in [3.63, 3.8) is 0 Å². The lowest BCUT2D eigenvalue weighted by Crippen LogP contribution is -2.29. The van der Waals surface area contributed by atoms with Gasteiger partial charge in [0.1, 0.15) is 0 Å². The minimum Gasteiger partial charge on any atom is -0.394 e. The van der Waals surface area contributed by atoms with Gasteiger partial charge in [-0.2, -0.15) is 0 Å². The van der Waals surface area contributed by atoms with Crippen LogP contribution >= 0.6 is 0 Å². The Bertz CT molecular complexity index is 336. The second-order valence-corrected chi connectivity index (χ2v) is 3.21. The molecule has 1 rings (SSSR count). The van der Waals surface area contributed by atoms with Crippen LogP contribution in [-0.2, 0) is 6.42 Å². The monoisotopic (exact) mass is 207 g/mol. The lowest BCUT2D eigenvalue weighted by Gasteiger charge is -2.15. The summed E-state index contributed by atoms with van der Waals surface area (Å²) >= 11 is 0. The number of rotatable bonds is 5. The van der Waals surface area contributed by atoms with Gasteiger partial charge < -0.3 is 10.2 Å². The summed E-state index contributed by atoms with van der Waals surface area (Å²) in [6.45, 7) is -0.406. The SMILES string of the molecule is [N-]=[N+]=NC(Cc1ccccc1)[C@H](O)CO. The van der Waals surface area contributed by atoms with Crippen LogP contribution in [0.25, 0.3) is 10.4 Å². The molecule has 2 N–H and O–H groups in total. The van der Waals surface area contributed by atoms with Crippen molar-refractivity contribution in [1.82, 2.24) is 0 Å². The van der Waals surface area contributed by atoms with E-state index in [2.05, 4.69) is 10.0 Å². The maximum atomic E-state index is 9.40. The predicted molar refractivity (Wildman–Crippen MR) is 56.2 cm³/mol. The highest BCUT2D eigenvalue weighted by Crippen LogP contribution is 2.09. The summed E-state index contributed by atoms with van der Waals surface area (Å²) in [5, 5.41) is 21.6. The molecule has 0 aliphatic heterocycles. The van der Waals surface area contributed by atoms with Crippen LogP contribution in [0.1, 0.15) is 5.56 Å². The Labute approximate surface area is 87.6 Å². The minimum atomic E-state index is -1.01. The topological polar surface area (TPSA) is 89.2 Å². The van der Waals surface area contributed by atoms with Crippen LogP contribution < -0.4 is 0 Å². The zero-order valence-electron chi connectivity index (χ0n) is 8.19. The zero-order chi connectivity index (χ0) is 11.1. The molecule has 0 aliphatic rings. The maximum absolute atomic E-state index is 9.40. The van der Waals surface area contributed by atoms with Gasteiger partial charge in [0.25, 0.3) is 0 Å². The number of azide groups is 1. The van der Waals surface area contributed by atoms with Crippen LogP contribution in [0.15, 0.2) is 35.4 Å². The molecule has 0 heterocycles. The molecule has 1 unspecified atom stereocenters. The first-order chi connectivity index (χ1) is 7.27. The van der Waals surface area contributed by atoms with E-state index < -0.39 is 18.8 Å². The summed E-state index contributed by atoms with van der Waals surface area (Å²) in [5.41, 5.74) is 9.29. The van der Waals surface area contributed by atoms with E-state index in [9.17, 15) is 5.11 Å². The second kappa shape index (κ2) is 6.03. The van der Waals surface area contributed by atoms with E-state index in [0.29, 0.717) is 6.42 Å². The third-order valence-electron chi connectivity index (χ3n) is 2.12. The molecule has 80 valence electrons. The first-order valence-corrected chi connectivity index (χ1v) is 4.65. The van der Waals surface area contributed by atoms with Gasteiger partial charge in [-0.05, 0) is 17.5 Å². The van der Waals surface area contributed by atoms with Crippen molar-refractivity contribution < 1.29 is 10.2 Å². The molecule has 5 heteroatoms. The fraction of sp³-hybridized carbons (Fsp3) is 0.400. The molecular weight excluding hydrogens is 194 g/mol. The summed E-state index contributed by atoms with van der Waals surface area (Å²) in [4.78, 5) is 2.66. The van der Waals surface area contributed by atoms with Gasteiger partial charge in [-0.3, -0.25) is 0 Å². The van der Waals surface area contributed by atoms with Gasteiger partial charge in [-0.15, -0.1) is 0 Å². The molecule has 15 heavy (non-hydrogen) atoms. The van der Waals surface area contributed by atoms with E-state index in [1.807, 2.05) is 30.3 Å². The Hall–Kier alpha value is -1.55. The molecule has 0 saturated carbocycles. The Balaban J connectivity index is 2.71. The van der Waals surface area contributed by atoms with Crippen molar-refractivity contribution >= 4 is 0 Å². The molecule has 0 amide bonds. The van der Waals surface area contributed by atoms with Gasteiger partial charge >= 0.3 is 0 Å². The summed E-state index contributed by atoms with van der Waals surface area (Å²) in [6.07, 6.45) is -0.590. The van der Waals surface area contributed by atoms with E-state index in [-0.39, 0.29) is 0 Å². The average Bonchev–Trinajstić information content (AvgIpc) is 2.29. The lowest BCUT2D eigenvalue weighted by molar-refractivity contribution is 0.0743. The molecule has 0 aromatic heterocycles. The molecule has 0 bridgehead atoms. The Morgan fingerprint density at radius 2 is 2.00 bits per heavy atom. The predicted octanol–water partition coefficient (Wildman–Crippen LogP) is 1.26. The van der Waals surface area contributed by atoms with Gasteiger partial charge in [-0.1, -0.05) is 35.4 Å². The van der Waals surface area contributed by atoms with E-state index in [1.165, 1.54) is 0 Å². The van der Waals surface area contributed by atoms with Crippen LogP contribution in [0.2, 0.25) is 0 Å². The number of aliphatic hydroxyl groups excluding tert-OH is 2. The molecule has 1 aromatic rings. The van der Waals surface area contributed by atoms with Gasteiger partial charge in [0, 0.05) is 4.91 Å². The molecule has 0 aliphatic carbocycles. The molecule has 2 atom stereocenters. The largest absolute Gasteiger partial charge is 0.394 e. The van der Waals surface area contributed by atoms with Gasteiger partial charge in [0.15, 0.2) is 0 Å². The van der Waals surface area contributed by atoms with Crippen molar-refractivity contribution in [3.8, 4) is 0 Å². The highest BCUT2D eigenvalue weighted by Gasteiger charge is 2.16. The normalized spacial score (nSPS) is 14.0. The number of hydrogen-bond donors (Lipinski definition) is 2. The lowest BCUT2D eigenvalue weighted by atomic mass is 10.0. The molecule has 0 spiro atoms. The zero-order valence-corrected chi connectivity index (χ0v) is 8.19. The van der Waals surface area contributed by atoms with Crippen molar-refractivity contribution in [1.29, 1.82) is 0 Å². The average molecular weight is 207 g/mol. The van der Waals surface area contributed by atoms with Gasteiger partial charge in [0.2, 0.25) is 0 Å². The van der Waals surface area contributed by atoms with Crippen molar-refractivity contribution in [3.05, 3.63) is 46.3 Å². The Morgan fingerprint density at radius 3 is 2.53 bits per heavy atom. The Kier molecular flexibility index (Phi) is 4.63. The van der Waals surface area contributed by atoms with Crippen molar-refractivity contribution in [2.24, 2.45) is 5.11 Å². The third-order valence-corrected chi connectivity index (χ3v) is 2.12.